The van der Waals surface area contributed by atoms with Crippen LogP contribution >= 0.6 is 0 Å². The Morgan fingerprint density at radius 2 is 0.767 bits per heavy atom. The summed E-state index contributed by atoms with van der Waals surface area (Å²) in [6.07, 6.45) is 0. The van der Waals surface area contributed by atoms with Gasteiger partial charge in [-0.3, -0.25) is 0 Å². The van der Waals surface area contributed by atoms with Crippen molar-refractivity contribution in [2.45, 2.75) is 67.2 Å². The summed E-state index contributed by atoms with van der Waals surface area (Å²) in [5.74, 6) is 1.05. The van der Waals surface area contributed by atoms with Crippen molar-refractivity contribution in [1.29, 1.82) is 0 Å². The molecule has 0 saturated carbocycles. The third-order valence-electron chi connectivity index (χ3n) is 6.92. The lowest BCUT2D eigenvalue weighted by Gasteiger charge is -2.05. The summed E-state index contributed by atoms with van der Waals surface area (Å²) in [7, 11) is 0. The van der Waals surface area contributed by atoms with Gasteiger partial charge in [-0.25, -0.2) is 0 Å². The average Bonchev–Trinajstić information content (AvgIpc) is 3.03. The molecule has 0 heteroatoms. The Bertz CT molecular complexity index is 1080. The standard InChI is InChI=1S/C30H34/c1-17(2)23-11-9-19(5)25-15-29(21(7)27(25)13-23)30-16-26-20(6)10-12-24(18(3)4)14-28(26)22(30)8/h9-18H,1-8H3. The molecule has 0 aliphatic heterocycles. The van der Waals surface area contributed by atoms with E-state index in [9.17, 15) is 0 Å². The molecular formula is C30H34. The van der Waals surface area contributed by atoms with E-state index in [1.54, 1.807) is 0 Å². The molecule has 0 amide bonds. The topological polar surface area (TPSA) is 0 Å². The van der Waals surface area contributed by atoms with Gasteiger partial charge in [0.2, 0.25) is 0 Å². The van der Waals surface area contributed by atoms with Gasteiger partial charge in [-0.1, -0.05) is 64.1 Å². The molecule has 154 valence electrons. The highest BCUT2D eigenvalue weighted by molar-refractivity contribution is 5.93. The van der Waals surface area contributed by atoms with E-state index in [1.165, 1.54) is 66.8 Å². The number of rotatable bonds is 3. The Kier molecular flexibility index (Phi) is 5.22. The minimum atomic E-state index is 0.526. The Labute approximate surface area is 182 Å². The van der Waals surface area contributed by atoms with Crippen LogP contribution in [0.5, 0.6) is 0 Å². The Morgan fingerprint density at radius 3 is 1.10 bits per heavy atom. The Morgan fingerprint density at radius 1 is 0.433 bits per heavy atom. The molecule has 0 fully saturated rings. The van der Waals surface area contributed by atoms with E-state index < -0.39 is 0 Å². The van der Waals surface area contributed by atoms with Crippen molar-refractivity contribution in [3.05, 3.63) is 81.9 Å². The Hall–Kier alpha value is -2.60. The fourth-order valence-electron chi connectivity index (χ4n) is 4.71. The first-order valence-corrected chi connectivity index (χ1v) is 11.3. The molecule has 0 heterocycles. The highest BCUT2D eigenvalue weighted by Gasteiger charge is 2.22. The van der Waals surface area contributed by atoms with Crippen LogP contribution in [0.1, 0.15) is 72.9 Å². The molecule has 0 aromatic rings. The highest BCUT2D eigenvalue weighted by Crippen LogP contribution is 2.45. The monoisotopic (exact) mass is 394 g/mol. The van der Waals surface area contributed by atoms with Gasteiger partial charge >= 0.3 is 0 Å². The quantitative estimate of drug-likeness (QED) is 0.325. The van der Waals surface area contributed by atoms with Crippen LogP contribution in [0.15, 0.2) is 48.5 Å². The zero-order chi connectivity index (χ0) is 21.7. The molecule has 0 radical (unpaired) electrons. The highest BCUT2D eigenvalue weighted by atomic mass is 14.3. The van der Waals surface area contributed by atoms with E-state index in [0.717, 1.165) is 0 Å². The normalized spacial score (nSPS) is 11.9. The van der Waals surface area contributed by atoms with Crippen LogP contribution in [0, 0.1) is 27.7 Å². The van der Waals surface area contributed by atoms with Gasteiger partial charge in [-0.05, 0) is 118 Å². The lowest BCUT2D eigenvalue weighted by molar-refractivity contribution is 0.868. The molecule has 4 rings (SSSR count). The summed E-state index contributed by atoms with van der Waals surface area (Å²) in [6, 6.07) is 18.8. The van der Waals surface area contributed by atoms with Crippen LogP contribution in [-0.4, -0.2) is 0 Å². The van der Waals surface area contributed by atoms with E-state index in [1.807, 2.05) is 0 Å². The van der Waals surface area contributed by atoms with Crippen LogP contribution in [0.3, 0.4) is 0 Å². The molecule has 4 aliphatic rings. The van der Waals surface area contributed by atoms with Gasteiger partial charge in [-0.2, -0.15) is 0 Å². The van der Waals surface area contributed by atoms with E-state index >= 15 is 0 Å². The molecular weight excluding hydrogens is 360 g/mol. The molecule has 0 N–H and O–H groups in total. The maximum absolute atomic E-state index is 2.42. The number of aryl methyl sites for hydroxylation is 2. The largest absolute Gasteiger partial charge is 0.0587 e. The lowest BCUT2D eigenvalue weighted by Crippen LogP contribution is -1.85. The van der Waals surface area contributed by atoms with Crippen molar-refractivity contribution in [1.82, 2.24) is 0 Å². The summed E-state index contributed by atoms with van der Waals surface area (Å²) in [4.78, 5) is 0. The molecule has 0 atom stereocenters. The van der Waals surface area contributed by atoms with E-state index in [0.29, 0.717) is 11.8 Å². The molecule has 0 bridgehead atoms. The fraction of sp³-hybridized carbons (Fsp3) is 0.333. The SMILES string of the molecule is Cc1ccc(C(C)C)cc2c(C)c(-c3cc4c(C)ccc(C(C)C)cc-4c3C)cc1-2. The number of hydrogen-bond acceptors (Lipinski definition) is 0. The van der Waals surface area contributed by atoms with E-state index in [-0.39, 0.29) is 0 Å². The summed E-state index contributed by atoms with van der Waals surface area (Å²) in [5.41, 5.74) is 16.6. The molecule has 30 heavy (non-hydrogen) atoms. The van der Waals surface area contributed by atoms with Crippen molar-refractivity contribution < 1.29 is 0 Å². The first-order chi connectivity index (χ1) is 14.2. The van der Waals surface area contributed by atoms with Crippen LogP contribution in [0.4, 0.5) is 0 Å². The summed E-state index contributed by atoms with van der Waals surface area (Å²) >= 11 is 0. The molecule has 0 saturated heterocycles. The second-order valence-corrected chi connectivity index (χ2v) is 9.65. The van der Waals surface area contributed by atoms with Crippen molar-refractivity contribution in [2.75, 3.05) is 0 Å². The number of fused-ring (bicyclic) bond motifs is 2. The van der Waals surface area contributed by atoms with Crippen molar-refractivity contribution in [2.24, 2.45) is 0 Å². The van der Waals surface area contributed by atoms with Crippen LogP contribution < -0.4 is 0 Å². The molecule has 0 aromatic carbocycles. The molecule has 0 unspecified atom stereocenters. The average molecular weight is 395 g/mol. The first-order valence-electron chi connectivity index (χ1n) is 11.3. The summed E-state index contributed by atoms with van der Waals surface area (Å²) in [6.45, 7) is 18.2. The van der Waals surface area contributed by atoms with Crippen molar-refractivity contribution >= 4 is 0 Å². The zero-order valence-electron chi connectivity index (χ0n) is 19.8. The van der Waals surface area contributed by atoms with Gasteiger partial charge in [-0.15, -0.1) is 0 Å². The van der Waals surface area contributed by atoms with Crippen LogP contribution in [0.2, 0.25) is 0 Å². The minimum Gasteiger partial charge on any atom is -0.0587 e. The molecule has 0 spiro atoms. The van der Waals surface area contributed by atoms with Crippen molar-refractivity contribution in [3.8, 4) is 33.4 Å². The van der Waals surface area contributed by atoms with Gasteiger partial charge in [0.25, 0.3) is 0 Å². The maximum atomic E-state index is 2.42. The first kappa shape index (κ1) is 20.7. The van der Waals surface area contributed by atoms with Gasteiger partial charge in [0.1, 0.15) is 0 Å². The molecule has 0 aromatic heterocycles. The smallest absolute Gasteiger partial charge is 0.0139 e. The summed E-state index contributed by atoms with van der Waals surface area (Å²) < 4.78 is 0. The second kappa shape index (κ2) is 7.58. The molecule has 0 nitrogen and oxygen atoms in total. The van der Waals surface area contributed by atoms with Crippen LogP contribution in [-0.2, 0) is 0 Å². The Balaban J connectivity index is 2.01. The molecule has 4 aliphatic carbocycles. The lowest BCUT2D eigenvalue weighted by atomic mass is 9.99. The third kappa shape index (κ3) is 3.33. The van der Waals surface area contributed by atoms with Gasteiger partial charge < -0.3 is 0 Å². The number of hydrogen-bond donors (Lipinski definition) is 0. The predicted octanol–water partition coefficient (Wildman–Crippen LogP) is 9.04. The van der Waals surface area contributed by atoms with E-state index in [2.05, 4.69) is 104 Å². The van der Waals surface area contributed by atoms with Gasteiger partial charge in [0.05, 0.1) is 0 Å². The third-order valence-corrected chi connectivity index (χ3v) is 6.92. The summed E-state index contributed by atoms with van der Waals surface area (Å²) in [5, 5.41) is 0. The van der Waals surface area contributed by atoms with Gasteiger partial charge in [0.15, 0.2) is 0 Å². The fourth-order valence-corrected chi connectivity index (χ4v) is 4.71. The predicted molar refractivity (Wildman–Crippen MR) is 132 cm³/mol. The second-order valence-electron chi connectivity index (χ2n) is 9.65. The van der Waals surface area contributed by atoms with E-state index in [4.69, 9.17) is 0 Å². The minimum absolute atomic E-state index is 0.526. The van der Waals surface area contributed by atoms with Crippen LogP contribution in [0.25, 0.3) is 33.4 Å². The maximum Gasteiger partial charge on any atom is -0.0139 e. The van der Waals surface area contributed by atoms with Gasteiger partial charge in [0, 0.05) is 0 Å². The van der Waals surface area contributed by atoms with Crippen molar-refractivity contribution in [3.63, 3.8) is 0 Å². The zero-order valence-corrected chi connectivity index (χ0v) is 19.8.